The molecule has 0 spiro atoms. The molecule has 4 nitrogen and oxygen atoms in total. The molecule has 2 aliphatic heterocycles. The van der Waals surface area contributed by atoms with E-state index in [2.05, 4.69) is 58.3 Å². The molecule has 25 heavy (non-hydrogen) atoms. The average molecular weight is 354 g/mol. The molecular weight excluding hydrogens is 310 g/mol. The van der Waals surface area contributed by atoms with Gasteiger partial charge in [0, 0.05) is 12.0 Å². The zero-order chi connectivity index (χ0) is 18.9. The molecule has 0 aromatic heterocycles. The highest BCUT2D eigenvalue weighted by Crippen LogP contribution is 2.36. The molecule has 0 aliphatic carbocycles. The van der Waals surface area contributed by atoms with Crippen LogP contribution in [0.3, 0.4) is 0 Å². The minimum Gasteiger partial charge on any atom is -0.370 e. The van der Waals surface area contributed by atoms with Gasteiger partial charge in [0.25, 0.3) is 0 Å². The van der Waals surface area contributed by atoms with Crippen LogP contribution >= 0.6 is 0 Å². The molecule has 2 rings (SSSR count). The summed E-state index contributed by atoms with van der Waals surface area (Å²) in [5, 5.41) is 0. The van der Waals surface area contributed by atoms with Gasteiger partial charge in [-0.2, -0.15) is 0 Å². The molecule has 1 atom stereocenters. The van der Waals surface area contributed by atoms with Crippen LogP contribution in [0.2, 0.25) is 0 Å². The van der Waals surface area contributed by atoms with Crippen molar-refractivity contribution in [2.24, 2.45) is 5.73 Å². The quantitative estimate of drug-likeness (QED) is 0.716. The van der Waals surface area contributed by atoms with Crippen LogP contribution in [-0.4, -0.2) is 58.4 Å². The molecule has 1 unspecified atom stereocenters. The molecule has 0 radical (unpaired) electrons. The summed E-state index contributed by atoms with van der Waals surface area (Å²) >= 11 is 0. The summed E-state index contributed by atoms with van der Waals surface area (Å²) in [6.07, 6.45) is 7.09. The highest BCUT2D eigenvalue weighted by molar-refractivity contribution is 4.94. The van der Waals surface area contributed by atoms with E-state index in [4.69, 9.17) is 10.5 Å². The maximum atomic E-state index is 6.69. The Hall–Kier alpha value is -0.160. The summed E-state index contributed by atoms with van der Waals surface area (Å²) in [4.78, 5) is 5.06. The SMILES string of the molecule is CC(C)(CC(C)(C)N1CCCC1)OC(C)(C)CC(C)(N)N1CCCC1. The molecule has 0 aromatic rings. The van der Waals surface area contributed by atoms with Gasteiger partial charge >= 0.3 is 0 Å². The highest BCUT2D eigenvalue weighted by atomic mass is 16.5. The van der Waals surface area contributed by atoms with Crippen molar-refractivity contribution in [3.8, 4) is 0 Å². The van der Waals surface area contributed by atoms with Crippen molar-refractivity contribution in [2.45, 2.75) is 109 Å². The molecule has 0 saturated carbocycles. The second kappa shape index (κ2) is 7.46. The van der Waals surface area contributed by atoms with Crippen molar-refractivity contribution in [1.29, 1.82) is 0 Å². The summed E-state index contributed by atoms with van der Waals surface area (Å²) in [6.45, 7) is 20.5. The van der Waals surface area contributed by atoms with Gasteiger partial charge in [-0.1, -0.05) is 0 Å². The van der Waals surface area contributed by atoms with E-state index in [0.717, 1.165) is 25.9 Å². The first-order valence-electron chi connectivity index (χ1n) is 10.3. The fourth-order valence-corrected chi connectivity index (χ4v) is 5.50. The van der Waals surface area contributed by atoms with Gasteiger partial charge in [0.15, 0.2) is 0 Å². The van der Waals surface area contributed by atoms with E-state index in [1.165, 1.54) is 38.8 Å². The van der Waals surface area contributed by atoms with E-state index in [0.29, 0.717) is 0 Å². The molecular formula is C21H43N3O. The molecule has 0 aromatic carbocycles. The van der Waals surface area contributed by atoms with E-state index >= 15 is 0 Å². The van der Waals surface area contributed by atoms with Crippen molar-refractivity contribution in [1.82, 2.24) is 9.80 Å². The average Bonchev–Trinajstić information content (AvgIpc) is 3.09. The number of nitrogens with zero attached hydrogens (tertiary/aromatic N) is 2. The Balaban J connectivity index is 1.96. The van der Waals surface area contributed by atoms with Gasteiger partial charge in [-0.05, 0) is 107 Å². The lowest BCUT2D eigenvalue weighted by molar-refractivity contribution is -0.156. The van der Waals surface area contributed by atoms with Crippen molar-refractivity contribution in [3.63, 3.8) is 0 Å². The Morgan fingerprint density at radius 3 is 1.56 bits per heavy atom. The number of ether oxygens (including phenoxy) is 1. The summed E-state index contributed by atoms with van der Waals surface area (Å²) in [7, 11) is 0. The zero-order valence-electron chi connectivity index (χ0n) is 18.0. The van der Waals surface area contributed by atoms with Gasteiger partial charge in [-0.15, -0.1) is 0 Å². The number of likely N-dealkylation sites (tertiary alicyclic amines) is 2. The fraction of sp³-hybridized carbons (Fsp3) is 1.00. The normalized spacial score (nSPS) is 24.0. The second-order valence-electron chi connectivity index (χ2n) is 10.5. The van der Waals surface area contributed by atoms with Crippen LogP contribution in [0.25, 0.3) is 0 Å². The monoisotopic (exact) mass is 353 g/mol. The summed E-state index contributed by atoms with van der Waals surface area (Å²) < 4.78 is 6.68. The Labute approximate surface area is 156 Å². The van der Waals surface area contributed by atoms with E-state index in [9.17, 15) is 0 Å². The summed E-state index contributed by atoms with van der Waals surface area (Å²) in [5.74, 6) is 0. The van der Waals surface area contributed by atoms with Crippen LogP contribution in [0.1, 0.15) is 87.0 Å². The predicted octanol–water partition coefficient (Wildman–Crippen LogP) is 3.99. The van der Waals surface area contributed by atoms with Gasteiger partial charge < -0.3 is 10.5 Å². The molecule has 2 saturated heterocycles. The van der Waals surface area contributed by atoms with Crippen LogP contribution in [0.5, 0.6) is 0 Å². The standard InChI is InChI=1S/C21H43N3O/c1-18(2,23-12-8-9-13-23)16-19(3,4)25-20(5,6)17-21(7,22)24-14-10-11-15-24/h8-17,22H2,1-7H3. The molecule has 0 bridgehead atoms. The Kier molecular flexibility index (Phi) is 6.31. The smallest absolute Gasteiger partial charge is 0.0685 e. The lowest BCUT2D eigenvalue weighted by Crippen LogP contribution is -2.57. The first-order chi connectivity index (χ1) is 11.3. The molecule has 4 heteroatoms. The molecule has 2 N–H and O–H groups in total. The largest absolute Gasteiger partial charge is 0.370 e. The third-order valence-electron chi connectivity index (χ3n) is 5.99. The number of rotatable bonds is 8. The molecule has 0 amide bonds. The maximum absolute atomic E-state index is 6.69. The van der Waals surface area contributed by atoms with Crippen molar-refractivity contribution < 1.29 is 4.74 Å². The number of hydrogen-bond acceptors (Lipinski definition) is 4. The molecule has 2 heterocycles. The van der Waals surface area contributed by atoms with Gasteiger partial charge in [0.05, 0.1) is 16.9 Å². The van der Waals surface area contributed by atoms with Gasteiger partial charge in [-0.25, -0.2) is 0 Å². The Morgan fingerprint density at radius 1 is 0.680 bits per heavy atom. The van der Waals surface area contributed by atoms with Gasteiger partial charge in [0.1, 0.15) is 0 Å². The van der Waals surface area contributed by atoms with Crippen molar-refractivity contribution >= 4 is 0 Å². The van der Waals surface area contributed by atoms with Gasteiger partial charge in [0.2, 0.25) is 0 Å². The van der Waals surface area contributed by atoms with E-state index in [1.54, 1.807) is 0 Å². The minimum absolute atomic E-state index is 0.170. The van der Waals surface area contributed by atoms with Crippen LogP contribution in [0.4, 0.5) is 0 Å². The fourth-order valence-electron chi connectivity index (χ4n) is 5.50. The molecule has 2 aliphatic rings. The van der Waals surface area contributed by atoms with Crippen LogP contribution in [0.15, 0.2) is 0 Å². The van der Waals surface area contributed by atoms with Crippen LogP contribution < -0.4 is 5.73 Å². The number of hydrogen-bond donors (Lipinski definition) is 1. The van der Waals surface area contributed by atoms with E-state index in [-0.39, 0.29) is 22.4 Å². The van der Waals surface area contributed by atoms with E-state index < -0.39 is 0 Å². The summed E-state index contributed by atoms with van der Waals surface area (Å²) in [5.41, 5.74) is 6.17. The van der Waals surface area contributed by atoms with Crippen LogP contribution in [0, 0.1) is 0 Å². The van der Waals surface area contributed by atoms with Crippen molar-refractivity contribution in [2.75, 3.05) is 26.2 Å². The van der Waals surface area contributed by atoms with E-state index in [1.807, 2.05) is 0 Å². The maximum Gasteiger partial charge on any atom is 0.0685 e. The van der Waals surface area contributed by atoms with Crippen molar-refractivity contribution in [3.05, 3.63) is 0 Å². The van der Waals surface area contributed by atoms with Gasteiger partial charge in [-0.3, -0.25) is 9.80 Å². The molecule has 148 valence electrons. The lowest BCUT2D eigenvalue weighted by atomic mass is 9.86. The zero-order valence-corrected chi connectivity index (χ0v) is 18.0. The van der Waals surface area contributed by atoms with Crippen LogP contribution in [-0.2, 0) is 4.74 Å². The highest BCUT2D eigenvalue weighted by Gasteiger charge is 2.41. The lowest BCUT2D eigenvalue weighted by Gasteiger charge is -2.47. The molecule has 2 fully saturated rings. The Bertz CT molecular complexity index is 390. The third-order valence-corrected chi connectivity index (χ3v) is 5.99. The third kappa shape index (κ3) is 5.92. The second-order valence-corrected chi connectivity index (χ2v) is 10.5. The topological polar surface area (TPSA) is 41.7 Å². The number of nitrogens with two attached hydrogens (primary N) is 1. The Morgan fingerprint density at radius 2 is 1.08 bits per heavy atom. The first-order valence-corrected chi connectivity index (χ1v) is 10.3. The first kappa shape index (κ1) is 21.1. The minimum atomic E-state index is -0.291. The summed E-state index contributed by atoms with van der Waals surface area (Å²) in [6, 6.07) is 0. The predicted molar refractivity (Wildman–Crippen MR) is 107 cm³/mol.